The Kier molecular flexibility index (Phi) is 3.72. The zero-order valence-electron chi connectivity index (χ0n) is 8.47. The van der Waals surface area contributed by atoms with E-state index in [1.165, 1.54) is 11.1 Å². The summed E-state index contributed by atoms with van der Waals surface area (Å²) < 4.78 is 0. The molecule has 0 aliphatic heterocycles. The lowest BCUT2D eigenvalue weighted by Gasteiger charge is -2.11. The predicted octanol–water partition coefficient (Wildman–Crippen LogP) is 1.80. The zero-order valence-corrected chi connectivity index (χ0v) is 9.29. The second-order valence-electron chi connectivity index (χ2n) is 3.73. The average molecular weight is 228 g/mol. The molecule has 0 spiro atoms. The Hall–Kier alpha value is -1.06. The summed E-state index contributed by atoms with van der Waals surface area (Å²) in [5.74, 6) is 4.68. The van der Waals surface area contributed by atoms with Gasteiger partial charge in [0.2, 0.25) is 0 Å². The Morgan fingerprint density at radius 2 is 2.13 bits per heavy atom. The first-order valence-electron chi connectivity index (χ1n) is 4.72. The molecule has 0 heterocycles. The highest BCUT2D eigenvalue weighted by Gasteiger charge is 2.34. The Labute approximate surface area is 95.0 Å². The van der Waals surface area contributed by atoms with E-state index in [9.17, 15) is 4.79 Å². The summed E-state index contributed by atoms with van der Waals surface area (Å²) in [6.45, 7) is 2.04. The van der Waals surface area contributed by atoms with Crippen LogP contribution in [0.25, 0.3) is 0 Å². The quantitative estimate of drug-likeness (QED) is 0.745. The van der Waals surface area contributed by atoms with Gasteiger partial charge in [0.1, 0.15) is 0 Å². The summed E-state index contributed by atoms with van der Waals surface area (Å²) in [5.41, 5.74) is 2.47. The van der Waals surface area contributed by atoms with E-state index in [4.69, 9.17) is 5.90 Å². The molecule has 0 fully saturated rings. The van der Waals surface area contributed by atoms with Crippen LogP contribution in [0.3, 0.4) is 0 Å². The van der Waals surface area contributed by atoms with E-state index >= 15 is 0 Å². The smallest absolute Gasteiger partial charge is 0.328 e. The fourth-order valence-electron chi connectivity index (χ4n) is 2.17. The SMILES string of the molecule is CC1c2ccccc2CC1C(=O)ON.Cl. The van der Waals surface area contributed by atoms with Crippen LogP contribution in [-0.2, 0) is 16.1 Å². The van der Waals surface area contributed by atoms with Gasteiger partial charge < -0.3 is 4.84 Å². The summed E-state index contributed by atoms with van der Waals surface area (Å²) in [7, 11) is 0. The largest absolute Gasteiger partial charge is 0.373 e. The van der Waals surface area contributed by atoms with Crippen LogP contribution in [0.1, 0.15) is 24.0 Å². The summed E-state index contributed by atoms with van der Waals surface area (Å²) in [6, 6.07) is 8.09. The molecule has 1 aromatic carbocycles. The molecule has 0 amide bonds. The Morgan fingerprint density at radius 3 is 2.73 bits per heavy atom. The van der Waals surface area contributed by atoms with Crippen molar-refractivity contribution in [3.05, 3.63) is 35.4 Å². The third-order valence-corrected chi connectivity index (χ3v) is 3.01. The van der Waals surface area contributed by atoms with Gasteiger partial charge in [-0.05, 0) is 23.5 Å². The van der Waals surface area contributed by atoms with Crippen LogP contribution in [0, 0.1) is 5.92 Å². The number of hydrogen-bond acceptors (Lipinski definition) is 3. The third kappa shape index (κ3) is 1.98. The summed E-state index contributed by atoms with van der Waals surface area (Å²) in [6.07, 6.45) is 0.743. The van der Waals surface area contributed by atoms with Gasteiger partial charge in [-0.1, -0.05) is 31.2 Å². The number of hydrogen-bond donors (Lipinski definition) is 1. The van der Waals surface area contributed by atoms with E-state index in [1.807, 2.05) is 19.1 Å². The highest BCUT2D eigenvalue weighted by atomic mass is 35.5. The first-order valence-corrected chi connectivity index (χ1v) is 4.72. The lowest BCUT2D eigenvalue weighted by Crippen LogP contribution is -2.23. The molecule has 0 radical (unpaired) electrons. The number of benzene rings is 1. The second-order valence-corrected chi connectivity index (χ2v) is 3.73. The van der Waals surface area contributed by atoms with Crippen molar-refractivity contribution >= 4 is 18.4 Å². The molecule has 2 rings (SSSR count). The minimum atomic E-state index is -0.311. The van der Waals surface area contributed by atoms with Crippen molar-refractivity contribution < 1.29 is 9.63 Å². The fourth-order valence-corrected chi connectivity index (χ4v) is 2.17. The Balaban J connectivity index is 0.00000112. The second kappa shape index (κ2) is 4.64. The van der Waals surface area contributed by atoms with E-state index in [-0.39, 0.29) is 30.2 Å². The van der Waals surface area contributed by atoms with E-state index < -0.39 is 0 Å². The fraction of sp³-hybridized carbons (Fsp3) is 0.364. The van der Waals surface area contributed by atoms with Crippen LogP contribution in [0.4, 0.5) is 0 Å². The maximum absolute atomic E-state index is 11.3. The van der Waals surface area contributed by atoms with Crippen LogP contribution in [0.15, 0.2) is 24.3 Å². The maximum Gasteiger partial charge on any atom is 0.328 e. The van der Waals surface area contributed by atoms with Gasteiger partial charge in [-0.25, -0.2) is 0 Å². The molecular formula is C11H14ClNO2. The molecule has 15 heavy (non-hydrogen) atoms. The Morgan fingerprint density at radius 1 is 1.47 bits per heavy atom. The minimum Gasteiger partial charge on any atom is -0.373 e. The average Bonchev–Trinajstić information content (AvgIpc) is 2.56. The maximum atomic E-state index is 11.3. The molecule has 0 saturated heterocycles. The van der Waals surface area contributed by atoms with Gasteiger partial charge in [0.05, 0.1) is 5.92 Å². The van der Waals surface area contributed by atoms with E-state index in [0.29, 0.717) is 0 Å². The summed E-state index contributed by atoms with van der Waals surface area (Å²) in [5, 5.41) is 0. The van der Waals surface area contributed by atoms with Gasteiger partial charge in [-0.15, -0.1) is 12.4 Å². The molecule has 2 atom stereocenters. The molecule has 3 nitrogen and oxygen atoms in total. The first kappa shape index (κ1) is 12.0. The topological polar surface area (TPSA) is 52.3 Å². The van der Waals surface area contributed by atoms with Crippen molar-refractivity contribution in [1.29, 1.82) is 0 Å². The van der Waals surface area contributed by atoms with Crippen molar-refractivity contribution in [2.24, 2.45) is 11.8 Å². The molecule has 0 aromatic heterocycles. The highest BCUT2D eigenvalue weighted by Crippen LogP contribution is 2.37. The zero-order chi connectivity index (χ0) is 10.1. The number of carbonyl (C=O) groups is 1. The molecule has 2 N–H and O–H groups in total. The van der Waals surface area contributed by atoms with Gasteiger partial charge >= 0.3 is 5.97 Å². The molecule has 1 aliphatic rings. The van der Waals surface area contributed by atoms with Crippen molar-refractivity contribution in [3.63, 3.8) is 0 Å². The van der Waals surface area contributed by atoms with Gasteiger partial charge in [-0.3, -0.25) is 4.79 Å². The van der Waals surface area contributed by atoms with Crippen molar-refractivity contribution in [2.75, 3.05) is 0 Å². The van der Waals surface area contributed by atoms with Gasteiger partial charge in [-0.2, -0.15) is 5.90 Å². The number of fused-ring (bicyclic) bond motifs is 1. The van der Waals surface area contributed by atoms with Crippen molar-refractivity contribution in [3.8, 4) is 0 Å². The first-order chi connectivity index (χ1) is 6.74. The lowest BCUT2D eigenvalue weighted by atomic mass is 9.95. The van der Waals surface area contributed by atoms with Gasteiger partial charge in [0.15, 0.2) is 0 Å². The van der Waals surface area contributed by atoms with Crippen LogP contribution in [-0.4, -0.2) is 5.97 Å². The molecule has 4 heteroatoms. The molecule has 1 aliphatic carbocycles. The Bertz CT molecular complexity index is 367. The summed E-state index contributed by atoms with van der Waals surface area (Å²) in [4.78, 5) is 15.6. The minimum absolute atomic E-state index is 0. The van der Waals surface area contributed by atoms with E-state index in [2.05, 4.69) is 17.0 Å². The molecule has 82 valence electrons. The highest BCUT2D eigenvalue weighted by molar-refractivity contribution is 5.85. The molecule has 0 saturated carbocycles. The predicted molar refractivity (Wildman–Crippen MR) is 59.6 cm³/mol. The lowest BCUT2D eigenvalue weighted by molar-refractivity contribution is -0.149. The number of rotatable bonds is 1. The molecule has 0 bridgehead atoms. The van der Waals surface area contributed by atoms with Crippen LogP contribution < -0.4 is 5.90 Å². The van der Waals surface area contributed by atoms with Crippen molar-refractivity contribution in [1.82, 2.24) is 0 Å². The van der Waals surface area contributed by atoms with Crippen LogP contribution in [0.2, 0.25) is 0 Å². The van der Waals surface area contributed by atoms with E-state index in [0.717, 1.165) is 6.42 Å². The molecule has 1 aromatic rings. The number of nitrogens with two attached hydrogens (primary N) is 1. The number of halogens is 1. The monoisotopic (exact) mass is 227 g/mol. The molecule has 2 unspecified atom stereocenters. The van der Waals surface area contributed by atoms with Gasteiger partial charge in [0, 0.05) is 0 Å². The molecular weight excluding hydrogens is 214 g/mol. The van der Waals surface area contributed by atoms with E-state index in [1.54, 1.807) is 0 Å². The van der Waals surface area contributed by atoms with Gasteiger partial charge in [0.25, 0.3) is 0 Å². The van der Waals surface area contributed by atoms with Crippen LogP contribution >= 0.6 is 12.4 Å². The van der Waals surface area contributed by atoms with Crippen LogP contribution in [0.5, 0.6) is 0 Å². The number of carbonyl (C=O) groups excluding carboxylic acids is 1. The van der Waals surface area contributed by atoms with Crippen molar-refractivity contribution in [2.45, 2.75) is 19.3 Å². The third-order valence-electron chi connectivity index (χ3n) is 3.01. The summed E-state index contributed by atoms with van der Waals surface area (Å²) >= 11 is 0. The standard InChI is InChI=1S/C11H13NO2.ClH/c1-7-9-5-3-2-4-8(9)6-10(7)11(13)14-12;/h2-5,7,10H,6,12H2,1H3;1H. The normalized spacial score (nSPS) is 22.8.